The monoisotopic (exact) mass is 314 g/mol. The van der Waals surface area contributed by atoms with Crippen LogP contribution in [0.5, 0.6) is 0 Å². The lowest BCUT2D eigenvalue weighted by atomic mass is 10.1. The second kappa shape index (κ2) is 6.34. The summed E-state index contributed by atoms with van der Waals surface area (Å²) in [5.41, 5.74) is 2.11. The summed E-state index contributed by atoms with van der Waals surface area (Å²) in [6.45, 7) is 4.09. The number of hydrogen-bond donors (Lipinski definition) is 2. The van der Waals surface area contributed by atoms with Gasteiger partial charge in [-0.2, -0.15) is 0 Å². The first-order chi connectivity index (χ1) is 11.1. The third-order valence-electron chi connectivity index (χ3n) is 3.82. The first-order valence-electron chi connectivity index (χ1n) is 7.56. The van der Waals surface area contributed by atoms with Gasteiger partial charge >= 0.3 is 0 Å². The SMILES string of the molecule is CC(C)[C@@H](CO)Nc1ccc2ncc(-c3cccc(F)c3)n2n1. The average Bonchev–Trinajstić information content (AvgIpc) is 2.95. The van der Waals surface area contributed by atoms with E-state index in [-0.39, 0.29) is 24.4 Å². The maximum Gasteiger partial charge on any atom is 0.154 e. The van der Waals surface area contributed by atoms with Crippen LogP contribution in [0.3, 0.4) is 0 Å². The molecular weight excluding hydrogens is 295 g/mol. The fraction of sp³-hybridized carbons (Fsp3) is 0.294. The van der Waals surface area contributed by atoms with Gasteiger partial charge in [-0.3, -0.25) is 0 Å². The maximum atomic E-state index is 13.5. The average molecular weight is 314 g/mol. The van der Waals surface area contributed by atoms with Gasteiger partial charge in [0.25, 0.3) is 0 Å². The number of aliphatic hydroxyl groups excluding tert-OH is 1. The molecule has 0 saturated carbocycles. The molecule has 2 heterocycles. The van der Waals surface area contributed by atoms with E-state index in [1.165, 1.54) is 12.1 Å². The van der Waals surface area contributed by atoms with E-state index in [4.69, 9.17) is 0 Å². The van der Waals surface area contributed by atoms with Gasteiger partial charge in [0, 0.05) is 5.56 Å². The number of benzene rings is 1. The van der Waals surface area contributed by atoms with Crippen LogP contribution in [0, 0.1) is 11.7 Å². The minimum absolute atomic E-state index is 0.0259. The molecule has 0 bridgehead atoms. The Hall–Kier alpha value is -2.47. The molecule has 0 saturated heterocycles. The van der Waals surface area contributed by atoms with Crippen LogP contribution in [0.2, 0.25) is 0 Å². The van der Waals surface area contributed by atoms with Gasteiger partial charge in [0.2, 0.25) is 0 Å². The highest BCUT2D eigenvalue weighted by Gasteiger charge is 2.14. The minimum atomic E-state index is -0.299. The van der Waals surface area contributed by atoms with Gasteiger partial charge in [-0.05, 0) is 30.2 Å². The molecule has 0 unspecified atom stereocenters. The van der Waals surface area contributed by atoms with Crippen molar-refractivity contribution in [1.82, 2.24) is 14.6 Å². The number of aliphatic hydroxyl groups is 1. The van der Waals surface area contributed by atoms with Crippen molar-refractivity contribution in [1.29, 1.82) is 0 Å². The van der Waals surface area contributed by atoms with Crippen molar-refractivity contribution in [2.45, 2.75) is 19.9 Å². The molecular formula is C17H19FN4O. The molecule has 0 amide bonds. The maximum absolute atomic E-state index is 13.5. The Balaban J connectivity index is 2.00. The Morgan fingerprint density at radius 3 is 2.78 bits per heavy atom. The zero-order valence-corrected chi connectivity index (χ0v) is 13.1. The molecule has 0 aliphatic heterocycles. The Kier molecular flexibility index (Phi) is 4.25. The molecule has 3 rings (SSSR count). The molecule has 3 aromatic rings. The minimum Gasteiger partial charge on any atom is -0.394 e. The quantitative estimate of drug-likeness (QED) is 0.760. The molecule has 120 valence electrons. The Bertz CT molecular complexity index is 815. The largest absolute Gasteiger partial charge is 0.394 e. The van der Waals surface area contributed by atoms with E-state index in [1.807, 2.05) is 32.0 Å². The van der Waals surface area contributed by atoms with Crippen LogP contribution in [-0.2, 0) is 0 Å². The van der Waals surface area contributed by atoms with Crippen molar-refractivity contribution in [3.63, 3.8) is 0 Å². The summed E-state index contributed by atoms with van der Waals surface area (Å²) in [5, 5.41) is 17.2. The van der Waals surface area contributed by atoms with Crippen molar-refractivity contribution in [2.24, 2.45) is 5.92 Å². The molecule has 1 aromatic carbocycles. The molecule has 1 atom stereocenters. The summed E-state index contributed by atoms with van der Waals surface area (Å²) < 4.78 is 15.1. The summed E-state index contributed by atoms with van der Waals surface area (Å²) in [7, 11) is 0. The molecule has 0 aliphatic carbocycles. The van der Waals surface area contributed by atoms with Crippen molar-refractivity contribution in [3.05, 3.63) is 48.4 Å². The third kappa shape index (κ3) is 3.17. The number of anilines is 1. The Labute approximate surface area is 133 Å². The van der Waals surface area contributed by atoms with Crippen LogP contribution < -0.4 is 5.32 Å². The van der Waals surface area contributed by atoms with Crippen molar-refractivity contribution in [2.75, 3.05) is 11.9 Å². The fourth-order valence-electron chi connectivity index (χ4n) is 2.41. The lowest BCUT2D eigenvalue weighted by Gasteiger charge is -2.20. The number of nitrogens with one attached hydrogen (secondary N) is 1. The van der Waals surface area contributed by atoms with Crippen LogP contribution in [0.4, 0.5) is 10.2 Å². The summed E-state index contributed by atoms with van der Waals surface area (Å²) in [6.07, 6.45) is 1.67. The fourth-order valence-corrected chi connectivity index (χ4v) is 2.41. The van der Waals surface area contributed by atoms with Crippen LogP contribution >= 0.6 is 0 Å². The van der Waals surface area contributed by atoms with Gasteiger partial charge in [0.15, 0.2) is 5.65 Å². The van der Waals surface area contributed by atoms with Crippen molar-refractivity contribution < 1.29 is 9.50 Å². The van der Waals surface area contributed by atoms with Gasteiger partial charge in [-0.1, -0.05) is 26.0 Å². The van der Waals surface area contributed by atoms with E-state index >= 15 is 0 Å². The number of hydrogen-bond acceptors (Lipinski definition) is 4. The van der Waals surface area contributed by atoms with Gasteiger partial charge in [-0.25, -0.2) is 13.9 Å². The second-order valence-corrected chi connectivity index (χ2v) is 5.82. The molecule has 0 spiro atoms. The lowest BCUT2D eigenvalue weighted by molar-refractivity contribution is 0.249. The molecule has 5 nitrogen and oxygen atoms in total. The van der Waals surface area contributed by atoms with E-state index < -0.39 is 0 Å². The molecule has 0 radical (unpaired) electrons. The van der Waals surface area contributed by atoms with Gasteiger partial charge < -0.3 is 10.4 Å². The highest BCUT2D eigenvalue weighted by molar-refractivity contribution is 5.63. The first-order valence-corrected chi connectivity index (χ1v) is 7.56. The predicted octanol–water partition coefficient (Wildman–Crippen LogP) is 2.96. The Morgan fingerprint density at radius 2 is 2.09 bits per heavy atom. The van der Waals surface area contributed by atoms with Crippen molar-refractivity contribution >= 4 is 11.5 Å². The summed E-state index contributed by atoms with van der Waals surface area (Å²) in [4.78, 5) is 4.30. The molecule has 6 heteroatoms. The molecule has 0 fully saturated rings. The van der Waals surface area contributed by atoms with Crippen LogP contribution in [0.25, 0.3) is 16.9 Å². The highest BCUT2D eigenvalue weighted by Crippen LogP contribution is 2.22. The lowest BCUT2D eigenvalue weighted by Crippen LogP contribution is -2.30. The number of imidazole rings is 1. The van der Waals surface area contributed by atoms with E-state index in [0.717, 1.165) is 0 Å². The zero-order valence-electron chi connectivity index (χ0n) is 13.1. The van der Waals surface area contributed by atoms with E-state index in [0.29, 0.717) is 22.7 Å². The Morgan fingerprint density at radius 1 is 1.26 bits per heavy atom. The standard InChI is InChI=1S/C17H19FN4O/c1-11(2)14(10-23)20-16-6-7-17-19-9-15(22(17)21-16)12-4-3-5-13(18)8-12/h3-9,11,14,23H,10H2,1-2H3,(H,20,21)/t14-/m1/s1. The smallest absolute Gasteiger partial charge is 0.154 e. The third-order valence-corrected chi connectivity index (χ3v) is 3.82. The number of halogens is 1. The van der Waals surface area contributed by atoms with Gasteiger partial charge in [0.05, 0.1) is 24.5 Å². The molecule has 2 aromatic heterocycles. The number of nitrogens with zero attached hydrogens (tertiary/aromatic N) is 3. The van der Waals surface area contributed by atoms with E-state index in [1.54, 1.807) is 16.8 Å². The van der Waals surface area contributed by atoms with Crippen LogP contribution in [-0.4, -0.2) is 32.4 Å². The van der Waals surface area contributed by atoms with Crippen LogP contribution in [0.1, 0.15) is 13.8 Å². The second-order valence-electron chi connectivity index (χ2n) is 5.82. The number of aromatic nitrogens is 3. The van der Waals surface area contributed by atoms with Gasteiger partial charge in [0.1, 0.15) is 11.6 Å². The van der Waals surface area contributed by atoms with Gasteiger partial charge in [-0.15, -0.1) is 5.10 Å². The first kappa shape index (κ1) is 15.4. The topological polar surface area (TPSA) is 62.5 Å². The van der Waals surface area contributed by atoms with Crippen LogP contribution in [0.15, 0.2) is 42.6 Å². The number of rotatable bonds is 5. The van der Waals surface area contributed by atoms with Crippen molar-refractivity contribution in [3.8, 4) is 11.3 Å². The summed E-state index contributed by atoms with van der Waals surface area (Å²) in [5.74, 6) is 0.607. The van der Waals surface area contributed by atoms with E-state index in [2.05, 4.69) is 15.4 Å². The normalized spacial score (nSPS) is 12.7. The molecule has 0 aliphatic rings. The predicted molar refractivity (Wildman–Crippen MR) is 87.7 cm³/mol. The molecule has 23 heavy (non-hydrogen) atoms. The zero-order chi connectivity index (χ0) is 16.4. The summed E-state index contributed by atoms with van der Waals surface area (Å²) in [6, 6.07) is 9.92. The summed E-state index contributed by atoms with van der Waals surface area (Å²) >= 11 is 0. The molecule has 2 N–H and O–H groups in total. The number of fused-ring (bicyclic) bond motifs is 1. The highest BCUT2D eigenvalue weighted by atomic mass is 19.1. The van der Waals surface area contributed by atoms with E-state index in [9.17, 15) is 9.50 Å².